The Bertz CT molecular complexity index is 239. The Labute approximate surface area is 101 Å². The maximum atomic E-state index is 12.7. The van der Waals surface area contributed by atoms with Gasteiger partial charge >= 0.3 is 6.18 Å². The van der Waals surface area contributed by atoms with Crippen molar-refractivity contribution in [3.05, 3.63) is 0 Å². The maximum Gasteiger partial charge on any atom is 0.391 e. The van der Waals surface area contributed by atoms with Gasteiger partial charge in [-0.3, -0.25) is 0 Å². The standard InChI is InChI=1S/C13H23F3O/c1-3-5-10(2)8-12(17)7-4-6-11(9-12)13(14,15)16/h10-11,17H,3-9H2,1-2H3. The minimum atomic E-state index is -4.15. The quantitative estimate of drug-likeness (QED) is 0.791. The van der Waals surface area contributed by atoms with Gasteiger partial charge in [0.25, 0.3) is 0 Å². The molecule has 1 fully saturated rings. The van der Waals surface area contributed by atoms with E-state index in [1.807, 2.05) is 6.92 Å². The van der Waals surface area contributed by atoms with Gasteiger partial charge in [0.1, 0.15) is 0 Å². The van der Waals surface area contributed by atoms with Gasteiger partial charge in [-0.15, -0.1) is 0 Å². The molecule has 1 saturated carbocycles. The van der Waals surface area contributed by atoms with Crippen LogP contribution in [0.5, 0.6) is 0 Å². The van der Waals surface area contributed by atoms with Crippen molar-refractivity contribution in [2.45, 2.75) is 70.6 Å². The number of alkyl halides is 3. The van der Waals surface area contributed by atoms with E-state index in [2.05, 4.69) is 6.92 Å². The second kappa shape index (κ2) is 5.59. The van der Waals surface area contributed by atoms with Gasteiger partial charge in [-0.1, -0.05) is 26.7 Å². The molecule has 0 aromatic heterocycles. The van der Waals surface area contributed by atoms with Crippen LogP contribution in [0.15, 0.2) is 0 Å². The molecule has 4 heteroatoms. The molecule has 0 aromatic carbocycles. The fourth-order valence-corrected chi connectivity index (χ4v) is 3.05. The molecule has 1 N–H and O–H groups in total. The SMILES string of the molecule is CCCC(C)CC1(O)CCCC(C(F)(F)F)C1. The van der Waals surface area contributed by atoms with E-state index in [0.717, 1.165) is 12.8 Å². The van der Waals surface area contributed by atoms with Crippen LogP contribution in [0, 0.1) is 11.8 Å². The topological polar surface area (TPSA) is 20.2 Å². The minimum absolute atomic E-state index is 0.107. The summed E-state index contributed by atoms with van der Waals surface area (Å²) >= 11 is 0. The minimum Gasteiger partial charge on any atom is -0.390 e. The third-order valence-electron chi connectivity index (χ3n) is 3.79. The van der Waals surface area contributed by atoms with Crippen LogP contribution >= 0.6 is 0 Å². The normalized spacial score (nSPS) is 32.5. The monoisotopic (exact) mass is 252 g/mol. The van der Waals surface area contributed by atoms with Crippen LogP contribution in [0.1, 0.15) is 58.8 Å². The molecule has 3 atom stereocenters. The summed E-state index contributed by atoms with van der Waals surface area (Å²) in [4.78, 5) is 0. The van der Waals surface area contributed by atoms with Crippen molar-refractivity contribution in [2.24, 2.45) is 11.8 Å². The Morgan fingerprint density at radius 1 is 1.41 bits per heavy atom. The van der Waals surface area contributed by atoms with Crippen LogP contribution < -0.4 is 0 Å². The second-order valence-corrected chi connectivity index (χ2v) is 5.66. The molecule has 17 heavy (non-hydrogen) atoms. The zero-order chi connectivity index (χ0) is 13.1. The van der Waals surface area contributed by atoms with Crippen molar-refractivity contribution in [3.63, 3.8) is 0 Å². The molecule has 0 saturated heterocycles. The molecule has 0 heterocycles. The average molecular weight is 252 g/mol. The number of rotatable bonds is 4. The molecule has 3 unspecified atom stereocenters. The van der Waals surface area contributed by atoms with Gasteiger partial charge in [0, 0.05) is 0 Å². The van der Waals surface area contributed by atoms with E-state index >= 15 is 0 Å². The molecule has 0 radical (unpaired) electrons. The second-order valence-electron chi connectivity index (χ2n) is 5.66. The average Bonchev–Trinajstić information content (AvgIpc) is 2.15. The van der Waals surface area contributed by atoms with Gasteiger partial charge in [-0.2, -0.15) is 13.2 Å². The van der Waals surface area contributed by atoms with E-state index < -0.39 is 17.7 Å². The summed E-state index contributed by atoms with van der Waals surface area (Å²) in [5.41, 5.74) is -1.09. The lowest BCUT2D eigenvalue weighted by Crippen LogP contribution is -2.41. The Morgan fingerprint density at radius 3 is 2.59 bits per heavy atom. The largest absolute Gasteiger partial charge is 0.391 e. The van der Waals surface area contributed by atoms with Gasteiger partial charge in [-0.05, 0) is 38.0 Å². The summed E-state index contributed by atoms with van der Waals surface area (Å²) in [6.07, 6.45) is -0.583. The first-order valence-corrected chi connectivity index (χ1v) is 6.56. The zero-order valence-electron chi connectivity index (χ0n) is 10.7. The first-order valence-electron chi connectivity index (χ1n) is 6.56. The molecule has 0 amide bonds. The Balaban J connectivity index is 2.57. The van der Waals surface area contributed by atoms with Gasteiger partial charge in [-0.25, -0.2) is 0 Å². The first kappa shape index (κ1) is 14.8. The van der Waals surface area contributed by atoms with Gasteiger partial charge < -0.3 is 5.11 Å². The lowest BCUT2D eigenvalue weighted by atomic mass is 9.73. The molecule has 0 aromatic rings. The van der Waals surface area contributed by atoms with Crippen molar-refractivity contribution in [1.29, 1.82) is 0 Å². The van der Waals surface area contributed by atoms with Crippen LogP contribution in [-0.4, -0.2) is 16.9 Å². The zero-order valence-corrected chi connectivity index (χ0v) is 10.7. The summed E-state index contributed by atoms with van der Waals surface area (Å²) in [6, 6.07) is 0. The van der Waals surface area contributed by atoms with Crippen molar-refractivity contribution in [1.82, 2.24) is 0 Å². The van der Waals surface area contributed by atoms with E-state index in [0.29, 0.717) is 25.2 Å². The summed E-state index contributed by atoms with van der Waals surface area (Å²) in [7, 11) is 0. The summed E-state index contributed by atoms with van der Waals surface area (Å²) in [6.45, 7) is 4.07. The van der Waals surface area contributed by atoms with Crippen LogP contribution in [0.4, 0.5) is 13.2 Å². The van der Waals surface area contributed by atoms with E-state index in [9.17, 15) is 18.3 Å². The molecular weight excluding hydrogens is 229 g/mol. The van der Waals surface area contributed by atoms with Crippen LogP contribution in [0.3, 0.4) is 0 Å². The molecular formula is C13H23F3O. The third kappa shape index (κ3) is 4.49. The van der Waals surface area contributed by atoms with Crippen LogP contribution in [0.25, 0.3) is 0 Å². The Kier molecular flexibility index (Phi) is 4.87. The fourth-order valence-electron chi connectivity index (χ4n) is 3.05. The first-order chi connectivity index (χ1) is 7.77. The highest BCUT2D eigenvalue weighted by molar-refractivity contribution is 4.89. The van der Waals surface area contributed by atoms with Gasteiger partial charge in [0.05, 0.1) is 11.5 Å². The number of hydrogen-bond donors (Lipinski definition) is 1. The summed E-state index contributed by atoms with van der Waals surface area (Å²) in [5, 5.41) is 10.3. The highest BCUT2D eigenvalue weighted by atomic mass is 19.4. The number of halogens is 3. The highest BCUT2D eigenvalue weighted by Crippen LogP contribution is 2.44. The van der Waals surface area contributed by atoms with E-state index in [4.69, 9.17) is 0 Å². The summed E-state index contributed by atoms with van der Waals surface area (Å²) < 4.78 is 38.0. The Hall–Kier alpha value is -0.250. The van der Waals surface area contributed by atoms with E-state index in [1.54, 1.807) is 0 Å². The van der Waals surface area contributed by atoms with Gasteiger partial charge in [0.2, 0.25) is 0 Å². The molecule has 1 aliphatic rings. The van der Waals surface area contributed by atoms with Crippen molar-refractivity contribution >= 4 is 0 Å². The fraction of sp³-hybridized carbons (Fsp3) is 1.00. The lowest BCUT2D eigenvalue weighted by molar-refractivity contribution is -0.202. The molecule has 102 valence electrons. The van der Waals surface area contributed by atoms with Crippen molar-refractivity contribution in [2.75, 3.05) is 0 Å². The summed E-state index contributed by atoms with van der Waals surface area (Å²) in [5.74, 6) is -1.01. The third-order valence-corrected chi connectivity index (χ3v) is 3.79. The number of hydrogen-bond acceptors (Lipinski definition) is 1. The van der Waals surface area contributed by atoms with Gasteiger partial charge in [0.15, 0.2) is 0 Å². The van der Waals surface area contributed by atoms with Crippen molar-refractivity contribution < 1.29 is 18.3 Å². The molecule has 1 aliphatic carbocycles. The highest BCUT2D eigenvalue weighted by Gasteiger charge is 2.47. The maximum absolute atomic E-state index is 12.7. The molecule has 0 spiro atoms. The van der Waals surface area contributed by atoms with Crippen molar-refractivity contribution in [3.8, 4) is 0 Å². The van der Waals surface area contributed by atoms with E-state index in [1.165, 1.54) is 0 Å². The van der Waals surface area contributed by atoms with E-state index in [-0.39, 0.29) is 12.8 Å². The smallest absolute Gasteiger partial charge is 0.390 e. The molecule has 1 nitrogen and oxygen atoms in total. The predicted octanol–water partition coefficient (Wildman–Crippen LogP) is 4.30. The lowest BCUT2D eigenvalue weighted by Gasteiger charge is -2.39. The van der Waals surface area contributed by atoms with Crippen LogP contribution in [0.2, 0.25) is 0 Å². The van der Waals surface area contributed by atoms with Crippen LogP contribution in [-0.2, 0) is 0 Å². The number of aliphatic hydroxyl groups is 1. The Morgan fingerprint density at radius 2 is 2.06 bits per heavy atom. The molecule has 1 rings (SSSR count). The predicted molar refractivity (Wildman–Crippen MR) is 61.7 cm³/mol. The molecule has 0 bridgehead atoms. The molecule has 0 aliphatic heterocycles.